The van der Waals surface area contributed by atoms with Gasteiger partial charge >= 0.3 is 0 Å². The van der Waals surface area contributed by atoms with E-state index in [0.717, 1.165) is 5.69 Å². The van der Waals surface area contributed by atoms with Crippen molar-refractivity contribution in [3.8, 4) is 11.4 Å². The summed E-state index contributed by atoms with van der Waals surface area (Å²) in [6.45, 7) is 6.22. The minimum Gasteiger partial charge on any atom is -0.399 e. The Bertz CT molecular complexity index is 538. The molecule has 0 radical (unpaired) electrons. The number of H-pyrrole nitrogens is 1. The second-order valence-electron chi connectivity index (χ2n) is 5.13. The van der Waals surface area contributed by atoms with Gasteiger partial charge in [-0.2, -0.15) is 0 Å². The minimum atomic E-state index is -0.361. The molecule has 0 aliphatic rings. The van der Waals surface area contributed by atoms with Crippen LogP contribution < -0.4 is 5.73 Å². The molecular formula is C13H16FN3. The predicted octanol–water partition coefficient (Wildman–Crippen LogP) is 3.10. The number of anilines is 1. The topological polar surface area (TPSA) is 54.7 Å². The van der Waals surface area contributed by atoms with E-state index in [1.54, 1.807) is 18.3 Å². The summed E-state index contributed by atoms with van der Waals surface area (Å²) >= 11 is 0. The molecule has 2 rings (SSSR count). The summed E-state index contributed by atoms with van der Waals surface area (Å²) in [6, 6.07) is 4.60. The number of benzene rings is 1. The lowest BCUT2D eigenvalue weighted by Gasteiger charge is -2.15. The second-order valence-corrected chi connectivity index (χ2v) is 5.13. The molecule has 0 saturated heterocycles. The number of hydrogen-bond acceptors (Lipinski definition) is 2. The van der Waals surface area contributed by atoms with Crippen molar-refractivity contribution < 1.29 is 4.39 Å². The van der Waals surface area contributed by atoms with Crippen LogP contribution in [-0.4, -0.2) is 9.97 Å². The Morgan fingerprint density at radius 2 is 2.00 bits per heavy atom. The lowest BCUT2D eigenvalue weighted by molar-refractivity contribution is 0.572. The van der Waals surface area contributed by atoms with E-state index >= 15 is 0 Å². The molecule has 0 unspecified atom stereocenters. The van der Waals surface area contributed by atoms with E-state index in [2.05, 4.69) is 30.7 Å². The van der Waals surface area contributed by atoms with Crippen LogP contribution in [0.1, 0.15) is 26.5 Å². The van der Waals surface area contributed by atoms with E-state index in [1.807, 2.05) is 0 Å². The standard InChI is InChI=1S/C13H16FN3/c1-13(2,3)11-7-16-12(17-11)9-5-4-8(15)6-10(9)14/h4-7H,15H2,1-3H3,(H,16,17). The third-order valence-electron chi connectivity index (χ3n) is 2.63. The molecular weight excluding hydrogens is 217 g/mol. The maximum Gasteiger partial charge on any atom is 0.140 e. The first kappa shape index (κ1) is 11.6. The molecule has 1 heterocycles. The predicted molar refractivity (Wildman–Crippen MR) is 67.1 cm³/mol. The molecule has 1 aromatic carbocycles. The molecule has 90 valence electrons. The Kier molecular flexibility index (Phi) is 2.65. The Morgan fingerprint density at radius 1 is 1.29 bits per heavy atom. The van der Waals surface area contributed by atoms with Crippen molar-refractivity contribution in [2.75, 3.05) is 5.73 Å². The summed E-state index contributed by atoms with van der Waals surface area (Å²) in [4.78, 5) is 7.34. The highest BCUT2D eigenvalue weighted by Crippen LogP contribution is 2.26. The molecule has 0 aliphatic carbocycles. The van der Waals surface area contributed by atoms with Crippen LogP contribution in [0, 0.1) is 5.82 Å². The van der Waals surface area contributed by atoms with Crippen molar-refractivity contribution in [1.82, 2.24) is 9.97 Å². The number of halogens is 1. The van der Waals surface area contributed by atoms with Crippen molar-refractivity contribution >= 4 is 5.69 Å². The number of hydrogen-bond donors (Lipinski definition) is 2. The van der Waals surface area contributed by atoms with Crippen LogP contribution in [0.25, 0.3) is 11.4 Å². The first-order valence-corrected chi connectivity index (χ1v) is 5.49. The largest absolute Gasteiger partial charge is 0.399 e. The summed E-state index contributed by atoms with van der Waals surface area (Å²) in [5.41, 5.74) is 7.30. The molecule has 3 nitrogen and oxygen atoms in total. The van der Waals surface area contributed by atoms with E-state index in [-0.39, 0.29) is 11.2 Å². The maximum absolute atomic E-state index is 13.7. The van der Waals surface area contributed by atoms with Crippen LogP contribution in [0.4, 0.5) is 10.1 Å². The van der Waals surface area contributed by atoms with Gasteiger partial charge in [0.1, 0.15) is 11.6 Å². The molecule has 0 atom stereocenters. The third kappa shape index (κ3) is 2.30. The van der Waals surface area contributed by atoms with Crippen LogP contribution in [0.2, 0.25) is 0 Å². The average Bonchev–Trinajstić information content (AvgIpc) is 2.65. The van der Waals surface area contributed by atoms with Gasteiger partial charge in [-0.15, -0.1) is 0 Å². The summed E-state index contributed by atoms with van der Waals surface area (Å²) in [5, 5.41) is 0. The molecule has 0 amide bonds. The Balaban J connectivity index is 2.44. The first-order chi connectivity index (χ1) is 7.88. The number of nitrogens with one attached hydrogen (secondary N) is 1. The van der Waals surface area contributed by atoms with Gasteiger partial charge in [-0.25, -0.2) is 9.37 Å². The normalized spacial score (nSPS) is 11.8. The monoisotopic (exact) mass is 233 g/mol. The zero-order valence-electron chi connectivity index (χ0n) is 10.2. The first-order valence-electron chi connectivity index (χ1n) is 5.49. The Hall–Kier alpha value is -1.84. The SMILES string of the molecule is CC(C)(C)c1cnc(-c2ccc(N)cc2F)[nH]1. The lowest BCUT2D eigenvalue weighted by Crippen LogP contribution is -2.11. The van der Waals surface area contributed by atoms with Gasteiger partial charge in [0.2, 0.25) is 0 Å². The maximum atomic E-state index is 13.7. The van der Waals surface area contributed by atoms with Crippen LogP contribution >= 0.6 is 0 Å². The molecule has 4 heteroatoms. The van der Waals surface area contributed by atoms with Gasteiger partial charge in [0.15, 0.2) is 0 Å². The number of rotatable bonds is 1. The summed E-state index contributed by atoms with van der Waals surface area (Å²) in [6.07, 6.45) is 1.74. The number of aromatic amines is 1. The molecule has 0 aliphatic heterocycles. The summed E-state index contributed by atoms with van der Waals surface area (Å²) in [7, 11) is 0. The smallest absolute Gasteiger partial charge is 0.140 e. The highest BCUT2D eigenvalue weighted by molar-refractivity contribution is 5.60. The van der Waals surface area contributed by atoms with Crippen molar-refractivity contribution in [3.63, 3.8) is 0 Å². The number of nitrogen functional groups attached to an aromatic ring is 1. The molecule has 17 heavy (non-hydrogen) atoms. The number of aromatic nitrogens is 2. The average molecular weight is 233 g/mol. The van der Waals surface area contributed by atoms with Crippen molar-refractivity contribution in [2.45, 2.75) is 26.2 Å². The van der Waals surface area contributed by atoms with Crippen molar-refractivity contribution in [3.05, 3.63) is 35.9 Å². The van der Waals surface area contributed by atoms with E-state index in [4.69, 9.17) is 5.73 Å². The number of nitrogens with two attached hydrogens (primary N) is 1. The van der Waals surface area contributed by atoms with E-state index in [1.165, 1.54) is 6.07 Å². The summed E-state index contributed by atoms with van der Waals surface area (Å²) < 4.78 is 13.7. The van der Waals surface area contributed by atoms with E-state index < -0.39 is 0 Å². The quantitative estimate of drug-likeness (QED) is 0.744. The molecule has 0 spiro atoms. The fourth-order valence-electron chi connectivity index (χ4n) is 1.56. The van der Waals surface area contributed by atoms with Crippen LogP contribution in [-0.2, 0) is 5.41 Å². The fraction of sp³-hybridized carbons (Fsp3) is 0.308. The lowest BCUT2D eigenvalue weighted by atomic mass is 9.93. The van der Waals surface area contributed by atoms with Gasteiger partial charge in [-0.3, -0.25) is 0 Å². The molecule has 1 aromatic heterocycles. The van der Waals surface area contributed by atoms with Crippen LogP contribution in [0.3, 0.4) is 0 Å². The van der Waals surface area contributed by atoms with Crippen LogP contribution in [0.15, 0.2) is 24.4 Å². The Labute approximate surface area is 99.9 Å². The zero-order chi connectivity index (χ0) is 12.6. The molecule has 0 bridgehead atoms. The van der Waals surface area contributed by atoms with Gasteiger partial charge in [-0.1, -0.05) is 20.8 Å². The molecule has 0 saturated carbocycles. The highest BCUT2D eigenvalue weighted by atomic mass is 19.1. The molecule has 2 aromatic rings. The van der Waals surface area contributed by atoms with Crippen molar-refractivity contribution in [2.24, 2.45) is 0 Å². The minimum absolute atomic E-state index is 0.0322. The number of imidazole rings is 1. The van der Waals surface area contributed by atoms with Crippen LogP contribution in [0.5, 0.6) is 0 Å². The van der Waals surface area contributed by atoms with Gasteiger partial charge in [0.25, 0.3) is 0 Å². The highest BCUT2D eigenvalue weighted by Gasteiger charge is 2.18. The zero-order valence-corrected chi connectivity index (χ0v) is 10.2. The van der Waals surface area contributed by atoms with Gasteiger partial charge in [0, 0.05) is 23.0 Å². The van der Waals surface area contributed by atoms with E-state index in [9.17, 15) is 4.39 Å². The fourth-order valence-corrected chi connectivity index (χ4v) is 1.56. The van der Waals surface area contributed by atoms with E-state index in [0.29, 0.717) is 17.1 Å². The number of nitrogens with zero attached hydrogens (tertiary/aromatic N) is 1. The molecule has 0 fully saturated rings. The van der Waals surface area contributed by atoms with Gasteiger partial charge < -0.3 is 10.7 Å². The summed E-state index contributed by atoms with van der Waals surface area (Å²) in [5.74, 6) is 0.173. The Morgan fingerprint density at radius 3 is 2.53 bits per heavy atom. The molecule has 3 N–H and O–H groups in total. The third-order valence-corrected chi connectivity index (χ3v) is 2.63. The van der Waals surface area contributed by atoms with Gasteiger partial charge in [0.05, 0.1) is 5.56 Å². The van der Waals surface area contributed by atoms with Crippen molar-refractivity contribution in [1.29, 1.82) is 0 Å². The van der Waals surface area contributed by atoms with Gasteiger partial charge in [-0.05, 0) is 18.2 Å². The second kappa shape index (κ2) is 3.87.